The molecule has 102 valence electrons. The third kappa shape index (κ3) is 4.59. The van der Waals surface area contributed by atoms with Gasteiger partial charge in [-0.2, -0.15) is 13.2 Å². The van der Waals surface area contributed by atoms with Gasteiger partial charge in [0, 0.05) is 5.56 Å². The van der Waals surface area contributed by atoms with Gasteiger partial charge in [-0.15, -0.1) is 0 Å². The molecule has 1 rings (SSSR count). The van der Waals surface area contributed by atoms with Crippen LogP contribution in [-0.2, 0) is 4.74 Å². The second kappa shape index (κ2) is 6.12. The van der Waals surface area contributed by atoms with Gasteiger partial charge in [-0.3, -0.25) is 11.3 Å². The molecule has 0 aliphatic carbocycles. The van der Waals surface area contributed by atoms with Crippen LogP contribution in [0.15, 0.2) is 18.2 Å². The molecule has 0 heterocycles. The van der Waals surface area contributed by atoms with Gasteiger partial charge in [-0.1, -0.05) is 17.7 Å². The molecular weight excluding hydrogens is 252 g/mol. The monoisotopic (exact) mass is 266 g/mol. The zero-order valence-electron chi connectivity index (χ0n) is 9.72. The van der Waals surface area contributed by atoms with E-state index in [9.17, 15) is 17.6 Å². The molecule has 0 bridgehead atoms. The Morgan fingerprint density at radius 2 is 2.06 bits per heavy atom. The highest BCUT2D eigenvalue weighted by atomic mass is 19.4. The topological polar surface area (TPSA) is 47.3 Å². The van der Waals surface area contributed by atoms with Crippen molar-refractivity contribution in [1.29, 1.82) is 0 Å². The van der Waals surface area contributed by atoms with Gasteiger partial charge >= 0.3 is 6.18 Å². The maximum atomic E-state index is 13.5. The average molecular weight is 266 g/mol. The molecule has 0 spiro atoms. The third-order valence-electron chi connectivity index (χ3n) is 2.28. The second-order valence-electron chi connectivity index (χ2n) is 3.87. The fourth-order valence-corrected chi connectivity index (χ4v) is 1.45. The zero-order chi connectivity index (χ0) is 13.8. The molecule has 0 saturated heterocycles. The van der Waals surface area contributed by atoms with Crippen LogP contribution in [0.5, 0.6) is 0 Å². The maximum Gasteiger partial charge on any atom is 0.411 e. The van der Waals surface area contributed by atoms with Crippen molar-refractivity contribution in [1.82, 2.24) is 5.43 Å². The molecule has 18 heavy (non-hydrogen) atoms. The van der Waals surface area contributed by atoms with E-state index in [0.29, 0.717) is 0 Å². The Hall–Kier alpha value is -1.18. The average Bonchev–Trinajstić information content (AvgIpc) is 2.27. The first-order chi connectivity index (χ1) is 8.33. The summed E-state index contributed by atoms with van der Waals surface area (Å²) in [5.41, 5.74) is 3.20. The number of nitrogens with two attached hydrogens (primary N) is 1. The van der Waals surface area contributed by atoms with E-state index in [1.165, 1.54) is 12.1 Å². The molecule has 1 unspecified atom stereocenters. The molecule has 0 radical (unpaired) electrons. The number of alkyl halides is 3. The van der Waals surface area contributed by atoms with E-state index in [0.717, 1.165) is 5.56 Å². The summed E-state index contributed by atoms with van der Waals surface area (Å²) in [6.07, 6.45) is -4.41. The Morgan fingerprint density at radius 1 is 1.39 bits per heavy atom. The number of hydrogen-bond donors (Lipinski definition) is 2. The SMILES string of the molecule is Cc1ccc(F)c(C(COCC(F)(F)F)NN)c1. The number of aryl methyl sites for hydroxylation is 1. The first-order valence-corrected chi connectivity index (χ1v) is 5.20. The highest BCUT2D eigenvalue weighted by molar-refractivity contribution is 5.26. The zero-order valence-corrected chi connectivity index (χ0v) is 9.72. The van der Waals surface area contributed by atoms with Gasteiger partial charge in [-0.25, -0.2) is 4.39 Å². The van der Waals surface area contributed by atoms with Crippen molar-refractivity contribution < 1.29 is 22.3 Å². The summed E-state index contributed by atoms with van der Waals surface area (Å²) in [7, 11) is 0. The predicted molar refractivity (Wildman–Crippen MR) is 58.1 cm³/mol. The molecule has 7 heteroatoms. The molecule has 3 N–H and O–H groups in total. The summed E-state index contributed by atoms with van der Waals surface area (Å²) in [5, 5.41) is 0. The maximum absolute atomic E-state index is 13.5. The minimum atomic E-state index is -4.41. The summed E-state index contributed by atoms with van der Waals surface area (Å²) >= 11 is 0. The van der Waals surface area contributed by atoms with Crippen LogP contribution in [0, 0.1) is 12.7 Å². The highest BCUT2D eigenvalue weighted by Gasteiger charge is 2.28. The van der Waals surface area contributed by atoms with Crippen molar-refractivity contribution >= 4 is 0 Å². The Bertz CT molecular complexity index is 395. The van der Waals surface area contributed by atoms with Gasteiger partial charge in [0.25, 0.3) is 0 Å². The molecular formula is C11H14F4N2O. The molecule has 0 aliphatic rings. The summed E-state index contributed by atoms with van der Waals surface area (Å²) < 4.78 is 53.7. The van der Waals surface area contributed by atoms with Gasteiger partial charge < -0.3 is 4.74 Å². The van der Waals surface area contributed by atoms with Crippen molar-refractivity contribution in [3.05, 3.63) is 35.1 Å². The lowest BCUT2D eigenvalue weighted by Crippen LogP contribution is -2.33. The van der Waals surface area contributed by atoms with Gasteiger partial charge in [0.1, 0.15) is 12.4 Å². The Morgan fingerprint density at radius 3 is 2.61 bits per heavy atom. The fraction of sp³-hybridized carbons (Fsp3) is 0.455. The quantitative estimate of drug-likeness (QED) is 0.488. The normalized spacial score (nSPS) is 13.7. The van der Waals surface area contributed by atoms with E-state index >= 15 is 0 Å². The van der Waals surface area contributed by atoms with E-state index in [1.54, 1.807) is 13.0 Å². The number of rotatable bonds is 5. The fourth-order valence-electron chi connectivity index (χ4n) is 1.45. The number of halogens is 4. The van der Waals surface area contributed by atoms with Crippen molar-refractivity contribution in [2.24, 2.45) is 5.84 Å². The molecule has 1 atom stereocenters. The molecule has 0 saturated carbocycles. The Balaban J connectivity index is 2.68. The lowest BCUT2D eigenvalue weighted by Gasteiger charge is -2.18. The number of hydrazine groups is 1. The molecule has 0 fully saturated rings. The first kappa shape index (κ1) is 14.9. The minimum absolute atomic E-state index is 0.180. The lowest BCUT2D eigenvalue weighted by molar-refractivity contribution is -0.175. The van der Waals surface area contributed by atoms with Gasteiger partial charge in [0.2, 0.25) is 0 Å². The smallest absolute Gasteiger partial charge is 0.370 e. The van der Waals surface area contributed by atoms with E-state index in [2.05, 4.69) is 10.2 Å². The van der Waals surface area contributed by atoms with Crippen LogP contribution in [0.2, 0.25) is 0 Å². The molecule has 0 aromatic heterocycles. The summed E-state index contributed by atoms with van der Waals surface area (Å²) in [5.74, 6) is 4.65. The summed E-state index contributed by atoms with van der Waals surface area (Å²) in [4.78, 5) is 0. The summed E-state index contributed by atoms with van der Waals surface area (Å²) in [6.45, 7) is -0.0118. The molecule has 1 aromatic rings. The number of ether oxygens (including phenoxy) is 1. The van der Waals surface area contributed by atoms with Crippen LogP contribution in [-0.4, -0.2) is 19.4 Å². The molecule has 0 amide bonds. The number of hydrogen-bond acceptors (Lipinski definition) is 3. The van der Waals surface area contributed by atoms with E-state index in [-0.39, 0.29) is 12.2 Å². The highest BCUT2D eigenvalue weighted by Crippen LogP contribution is 2.20. The molecule has 3 nitrogen and oxygen atoms in total. The second-order valence-corrected chi connectivity index (χ2v) is 3.87. The van der Waals surface area contributed by atoms with Gasteiger partial charge in [0.05, 0.1) is 12.6 Å². The van der Waals surface area contributed by atoms with E-state index in [1.807, 2.05) is 0 Å². The largest absolute Gasteiger partial charge is 0.411 e. The van der Waals surface area contributed by atoms with Crippen LogP contribution < -0.4 is 11.3 Å². The third-order valence-corrected chi connectivity index (χ3v) is 2.28. The van der Waals surface area contributed by atoms with Crippen LogP contribution in [0.3, 0.4) is 0 Å². The first-order valence-electron chi connectivity index (χ1n) is 5.20. The van der Waals surface area contributed by atoms with Crippen LogP contribution in [0.1, 0.15) is 17.2 Å². The van der Waals surface area contributed by atoms with Crippen LogP contribution >= 0.6 is 0 Å². The van der Waals surface area contributed by atoms with Gasteiger partial charge in [0.15, 0.2) is 0 Å². The Kier molecular flexibility index (Phi) is 5.06. The predicted octanol–water partition coefficient (Wildman–Crippen LogP) is 2.22. The number of benzene rings is 1. The van der Waals surface area contributed by atoms with E-state index < -0.39 is 24.6 Å². The summed E-state index contributed by atoms with van der Waals surface area (Å²) in [6, 6.07) is 3.48. The van der Waals surface area contributed by atoms with Crippen LogP contribution in [0.25, 0.3) is 0 Å². The standard InChI is InChI=1S/C11H14F4N2O/c1-7-2-3-9(12)8(4-7)10(17-16)5-18-6-11(13,14)15/h2-4,10,17H,5-6,16H2,1H3. The van der Waals surface area contributed by atoms with E-state index in [4.69, 9.17) is 5.84 Å². The van der Waals surface area contributed by atoms with Gasteiger partial charge in [-0.05, 0) is 13.0 Å². The molecule has 1 aromatic carbocycles. The van der Waals surface area contributed by atoms with Crippen molar-refractivity contribution in [3.63, 3.8) is 0 Å². The Labute approximate surface area is 102 Å². The van der Waals surface area contributed by atoms with Crippen molar-refractivity contribution in [3.8, 4) is 0 Å². The minimum Gasteiger partial charge on any atom is -0.370 e. The lowest BCUT2D eigenvalue weighted by atomic mass is 10.0. The van der Waals surface area contributed by atoms with Crippen LogP contribution in [0.4, 0.5) is 17.6 Å². The van der Waals surface area contributed by atoms with Crippen molar-refractivity contribution in [2.75, 3.05) is 13.2 Å². The van der Waals surface area contributed by atoms with Crippen molar-refractivity contribution in [2.45, 2.75) is 19.1 Å². The number of nitrogens with one attached hydrogen (secondary N) is 1. The molecule has 0 aliphatic heterocycles.